The van der Waals surface area contributed by atoms with Crippen LogP contribution >= 0.6 is 11.3 Å². The lowest BCUT2D eigenvalue weighted by molar-refractivity contribution is 0.0861. The second kappa shape index (κ2) is 6.71. The fourth-order valence-electron chi connectivity index (χ4n) is 1.95. The van der Waals surface area contributed by atoms with Gasteiger partial charge in [0, 0.05) is 13.2 Å². The van der Waals surface area contributed by atoms with E-state index >= 15 is 0 Å². The fraction of sp³-hybridized carbons (Fsp3) is 0.500. The average molecular weight is 278 g/mol. The Labute approximate surface area is 117 Å². The molecule has 1 aliphatic heterocycles. The minimum atomic E-state index is -0.0515. The van der Waals surface area contributed by atoms with E-state index in [0.29, 0.717) is 18.0 Å². The van der Waals surface area contributed by atoms with Crippen molar-refractivity contribution in [2.24, 2.45) is 5.73 Å². The molecule has 1 saturated heterocycles. The van der Waals surface area contributed by atoms with E-state index in [-0.39, 0.29) is 12.0 Å². The lowest BCUT2D eigenvalue weighted by Gasteiger charge is -2.09. The lowest BCUT2D eigenvalue weighted by atomic mass is 10.2. The van der Waals surface area contributed by atoms with Gasteiger partial charge in [0.1, 0.15) is 0 Å². The number of carbonyl (C=O) groups excluding carboxylic acids is 1. The number of nitrogens with two attached hydrogens (primary N) is 1. The summed E-state index contributed by atoms with van der Waals surface area (Å²) in [6.07, 6.45) is 2.27. The summed E-state index contributed by atoms with van der Waals surface area (Å²) in [4.78, 5) is 13.6. The van der Waals surface area contributed by atoms with Gasteiger partial charge in [-0.15, -0.1) is 11.3 Å². The van der Waals surface area contributed by atoms with Crippen molar-refractivity contribution in [3.8, 4) is 11.8 Å². The van der Waals surface area contributed by atoms with Crippen LogP contribution in [-0.2, 0) is 4.74 Å². The molecule has 0 radical (unpaired) electrons. The maximum atomic E-state index is 12.0. The second-order valence-corrected chi connectivity index (χ2v) is 5.53. The molecule has 1 amide bonds. The Bertz CT molecular complexity index is 507. The number of rotatable bonds is 3. The van der Waals surface area contributed by atoms with Gasteiger partial charge in [-0.05, 0) is 31.4 Å². The third-order valence-corrected chi connectivity index (χ3v) is 4.11. The Hall–Kier alpha value is -1.35. The molecule has 2 rings (SSSR count). The highest BCUT2D eigenvalue weighted by Crippen LogP contribution is 2.21. The maximum absolute atomic E-state index is 12.0. The molecule has 0 saturated carbocycles. The molecular formula is C14H18N2O2S. The van der Waals surface area contributed by atoms with Gasteiger partial charge in [-0.3, -0.25) is 4.79 Å². The zero-order valence-electron chi connectivity index (χ0n) is 11.0. The molecule has 0 aromatic carbocycles. The monoisotopic (exact) mass is 278 g/mol. The molecule has 1 aliphatic rings. The summed E-state index contributed by atoms with van der Waals surface area (Å²) in [5.74, 6) is 5.74. The van der Waals surface area contributed by atoms with Crippen LogP contribution in [0.5, 0.6) is 0 Å². The Morgan fingerprint density at radius 1 is 1.68 bits per heavy atom. The first kappa shape index (κ1) is 14.1. The van der Waals surface area contributed by atoms with Crippen molar-refractivity contribution in [2.45, 2.75) is 25.9 Å². The summed E-state index contributed by atoms with van der Waals surface area (Å²) in [5.41, 5.74) is 6.37. The van der Waals surface area contributed by atoms with Crippen LogP contribution in [-0.4, -0.2) is 31.7 Å². The van der Waals surface area contributed by atoms with Gasteiger partial charge in [-0.2, -0.15) is 0 Å². The van der Waals surface area contributed by atoms with Gasteiger partial charge in [0.15, 0.2) is 0 Å². The highest BCUT2D eigenvalue weighted by Gasteiger charge is 2.17. The molecule has 19 heavy (non-hydrogen) atoms. The molecule has 1 aromatic rings. The van der Waals surface area contributed by atoms with E-state index < -0.39 is 0 Å². The van der Waals surface area contributed by atoms with E-state index in [9.17, 15) is 4.79 Å². The van der Waals surface area contributed by atoms with Crippen molar-refractivity contribution in [1.29, 1.82) is 0 Å². The van der Waals surface area contributed by atoms with E-state index in [1.165, 1.54) is 11.3 Å². The smallest absolute Gasteiger partial charge is 0.261 e. The van der Waals surface area contributed by atoms with Gasteiger partial charge < -0.3 is 15.8 Å². The fourth-order valence-corrected chi connectivity index (χ4v) is 2.91. The van der Waals surface area contributed by atoms with E-state index in [2.05, 4.69) is 17.2 Å². The number of amides is 1. The zero-order chi connectivity index (χ0) is 13.7. The molecule has 0 aliphatic carbocycles. The molecule has 4 nitrogen and oxygen atoms in total. The van der Waals surface area contributed by atoms with Crippen molar-refractivity contribution < 1.29 is 9.53 Å². The van der Waals surface area contributed by atoms with E-state index in [1.54, 1.807) is 0 Å². The second-order valence-electron chi connectivity index (χ2n) is 4.47. The largest absolute Gasteiger partial charge is 0.376 e. The summed E-state index contributed by atoms with van der Waals surface area (Å²) in [7, 11) is 0. The number of nitrogens with one attached hydrogen (secondary N) is 1. The number of thiophene rings is 1. The van der Waals surface area contributed by atoms with Crippen LogP contribution in [0.2, 0.25) is 0 Å². The SMILES string of the molecule is Cc1cc(C(=O)NCC2CCCO2)sc1C#CCN. The van der Waals surface area contributed by atoms with Gasteiger partial charge >= 0.3 is 0 Å². The average Bonchev–Trinajstić information content (AvgIpc) is 3.03. The van der Waals surface area contributed by atoms with Crippen LogP contribution in [0.3, 0.4) is 0 Å². The normalized spacial score (nSPS) is 17.9. The van der Waals surface area contributed by atoms with Gasteiger partial charge in [-0.25, -0.2) is 0 Å². The van der Waals surface area contributed by atoms with E-state index in [1.807, 2.05) is 13.0 Å². The van der Waals surface area contributed by atoms with Gasteiger partial charge in [0.2, 0.25) is 0 Å². The lowest BCUT2D eigenvalue weighted by Crippen LogP contribution is -2.31. The van der Waals surface area contributed by atoms with Crippen LogP contribution in [0.25, 0.3) is 0 Å². The van der Waals surface area contributed by atoms with Gasteiger partial charge in [0.25, 0.3) is 5.91 Å². The molecular weight excluding hydrogens is 260 g/mol. The Balaban J connectivity index is 1.94. The molecule has 3 N–H and O–H groups in total. The van der Waals surface area contributed by atoms with Crippen molar-refractivity contribution in [3.63, 3.8) is 0 Å². The minimum Gasteiger partial charge on any atom is -0.376 e. The molecule has 1 atom stereocenters. The highest BCUT2D eigenvalue weighted by atomic mass is 32.1. The zero-order valence-corrected chi connectivity index (χ0v) is 11.8. The van der Waals surface area contributed by atoms with Crippen LogP contribution in [0.4, 0.5) is 0 Å². The first-order valence-corrected chi connectivity index (χ1v) is 7.21. The quantitative estimate of drug-likeness (QED) is 0.819. The molecule has 2 heterocycles. The predicted octanol–water partition coefficient (Wildman–Crippen LogP) is 1.28. The number of aryl methyl sites for hydroxylation is 1. The van der Waals surface area contributed by atoms with Crippen molar-refractivity contribution in [3.05, 3.63) is 21.4 Å². The number of ether oxygens (including phenoxy) is 1. The molecule has 1 aromatic heterocycles. The first-order valence-electron chi connectivity index (χ1n) is 6.40. The van der Waals surface area contributed by atoms with Crippen LogP contribution in [0.15, 0.2) is 6.07 Å². The number of hydrogen-bond donors (Lipinski definition) is 2. The third kappa shape index (κ3) is 3.80. The number of hydrogen-bond acceptors (Lipinski definition) is 4. The van der Waals surface area contributed by atoms with Crippen LogP contribution in [0.1, 0.15) is 33.0 Å². The third-order valence-electron chi connectivity index (χ3n) is 2.96. The molecule has 0 bridgehead atoms. The molecule has 5 heteroatoms. The summed E-state index contributed by atoms with van der Waals surface area (Å²) < 4.78 is 5.47. The van der Waals surface area contributed by atoms with E-state index in [4.69, 9.17) is 10.5 Å². The van der Waals surface area contributed by atoms with Crippen LogP contribution in [0, 0.1) is 18.8 Å². The first-order chi connectivity index (χ1) is 9.20. The summed E-state index contributed by atoms with van der Waals surface area (Å²) >= 11 is 1.41. The molecule has 1 unspecified atom stereocenters. The summed E-state index contributed by atoms with van der Waals surface area (Å²) in [5, 5.41) is 2.91. The van der Waals surface area contributed by atoms with Crippen molar-refractivity contribution >= 4 is 17.2 Å². The van der Waals surface area contributed by atoms with Gasteiger partial charge in [-0.1, -0.05) is 11.8 Å². The maximum Gasteiger partial charge on any atom is 0.261 e. The minimum absolute atomic E-state index is 0.0515. The topological polar surface area (TPSA) is 64.3 Å². The van der Waals surface area contributed by atoms with Crippen molar-refractivity contribution in [1.82, 2.24) is 5.32 Å². The number of carbonyl (C=O) groups is 1. The van der Waals surface area contributed by atoms with E-state index in [0.717, 1.165) is 29.9 Å². The van der Waals surface area contributed by atoms with Crippen molar-refractivity contribution in [2.75, 3.05) is 19.7 Å². The Morgan fingerprint density at radius 2 is 2.53 bits per heavy atom. The summed E-state index contributed by atoms with van der Waals surface area (Å²) in [6, 6.07) is 1.87. The summed E-state index contributed by atoms with van der Waals surface area (Å²) in [6.45, 7) is 3.67. The molecule has 1 fully saturated rings. The molecule has 0 spiro atoms. The van der Waals surface area contributed by atoms with Gasteiger partial charge in [0.05, 0.1) is 22.4 Å². The Kier molecular flexibility index (Phi) is 4.97. The predicted molar refractivity (Wildman–Crippen MR) is 76.3 cm³/mol. The van der Waals surface area contributed by atoms with Crippen LogP contribution < -0.4 is 11.1 Å². The standard InChI is InChI=1S/C14H18N2O2S/c1-10-8-13(19-12(10)5-2-6-15)14(17)16-9-11-4-3-7-18-11/h8,11H,3-4,6-7,9,15H2,1H3,(H,16,17). The highest BCUT2D eigenvalue weighted by molar-refractivity contribution is 7.14. The molecule has 102 valence electrons. The Morgan fingerprint density at radius 3 is 3.21 bits per heavy atom.